The summed E-state index contributed by atoms with van der Waals surface area (Å²) in [5.41, 5.74) is 1.15. The average Bonchev–Trinajstić information content (AvgIpc) is 2.36. The van der Waals surface area contributed by atoms with Crippen LogP contribution in [0.25, 0.3) is 0 Å². The quantitative estimate of drug-likeness (QED) is 0.850. The maximum Gasteiger partial charge on any atom is 0.161 e. The first-order chi connectivity index (χ1) is 9.44. The van der Waals surface area contributed by atoms with E-state index in [1.807, 2.05) is 25.1 Å². The SMILES string of the molecule is CC(CS(C)(=O)=O)NCCc1ccc2c(c1)OCCO2. The Balaban J connectivity index is 1.82. The van der Waals surface area contributed by atoms with Gasteiger partial charge in [-0.3, -0.25) is 0 Å². The van der Waals surface area contributed by atoms with Gasteiger partial charge in [0.1, 0.15) is 23.1 Å². The molecule has 1 atom stereocenters. The molecule has 1 N–H and O–H groups in total. The Hall–Kier alpha value is -1.27. The van der Waals surface area contributed by atoms with Gasteiger partial charge in [0.05, 0.1) is 5.75 Å². The summed E-state index contributed by atoms with van der Waals surface area (Å²) >= 11 is 0. The lowest BCUT2D eigenvalue weighted by Gasteiger charge is -2.19. The van der Waals surface area contributed by atoms with Crippen LogP contribution in [0.15, 0.2) is 18.2 Å². The number of nitrogens with one attached hydrogen (secondary N) is 1. The van der Waals surface area contributed by atoms with Gasteiger partial charge in [0, 0.05) is 12.3 Å². The lowest BCUT2D eigenvalue weighted by molar-refractivity contribution is 0.171. The molecule has 0 aliphatic carbocycles. The summed E-state index contributed by atoms with van der Waals surface area (Å²) in [6.45, 7) is 3.79. The zero-order valence-corrected chi connectivity index (χ0v) is 12.7. The second kappa shape index (κ2) is 6.45. The number of sulfone groups is 1. The lowest BCUT2D eigenvalue weighted by Crippen LogP contribution is -2.34. The average molecular weight is 299 g/mol. The fourth-order valence-corrected chi connectivity index (χ4v) is 3.25. The maximum atomic E-state index is 11.2. The van der Waals surface area contributed by atoms with Gasteiger partial charge in [-0.05, 0) is 37.6 Å². The molecular weight excluding hydrogens is 278 g/mol. The van der Waals surface area contributed by atoms with Crippen molar-refractivity contribution in [1.82, 2.24) is 5.32 Å². The molecular formula is C14H21NO4S. The highest BCUT2D eigenvalue weighted by Gasteiger charge is 2.12. The monoisotopic (exact) mass is 299 g/mol. The standard InChI is InChI=1S/C14H21NO4S/c1-11(10-20(2,16)17)15-6-5-12-3-4-13-14(9-12)19-8-7-18-13/h3-4,9,11,15H,5-8,10H2,1-2H3. The molecule has 1 unspecified atom stereocenters. The van der Waals surface area contributed by atoms with Gasteiger partial charge in [-0.15, -0.1) is 0 Å². The smallest absolute Gasteiger partial charge is 0.161 e. The van der Waals surface area contributed by atoms with Gasteiger partial charge in [-0.2, -0.15) is 0 Å². The van der Waals surface area contributed by atoms with Crippen LogP contribution in [0.4, 0.5) is 0 Å². The molecule has 2 rings (SSSR count). The summed E-state index contributed by atoms with van der Waals surface area (Å²) in [5, 5.41) is 3.22. The minimum absolute atomic E-state index is 0.0396. The van der Waals surface area contributed by atoms with Crippen LogP contribution < -0.4 is 14.8 Å². The number of ether oxygens (including phenoxy) is 2. The minimum Gasteiger partial charge on any atom is -0.486 e. The largest absolute Gasteiger partial charge is 0.486 e. The zero-order chi connectivity index (χ0) is 14.6. The molecule has 0 saturated carbocycles. The summed E-state index contributed by atoms with van der Waals surface area (Å²) < 4.78 is 33.3. The van der Waals surface area contributed by atoms with Gasteiger partial charge in [0.25, 0.3) is 0 Å². The molecule has 20 heavy (non-hydrogen) atoms. The molecule has 1 heterocycles. The van der Waals surface area contributed by atoms with Crippen LogP contribution in [-0.4, -0.2) is 46.2 Å². The molecule has 0 fully saturated rings. The predicted octanol–water partition coefficient (Wildman–Crippen LogP) is 1.02. The Labute approximate surface area is 120 Å². The third-order valence-electron chi connectivity index (χ3n) is 3.07. The van der Waals surface area contributed by atoms with Crippen molar-refractivity contribution in [3.05, 3.63) is 23.8 Å². The summed E-state index contributed by atoms with van der Waals surface area (Å²) in [6, 6.07) is 5.87. The summed E-state index contributed by atoms with van der Waals surface area (Å²) in [6.07, 6.45) is 2.08. The van der Waals surface area contributed by atoms with E-state index in [9.17, 15) is 8.42 Å². The van der Waals surface area contributed by atoms with E-state index in [1.165, 1.54) is 6.26 Å². The molecule has 5 nitrogen and oxygen atoms in total. The number of hydrogen-bond donors (Lipinski definition) is 1. The summed E-state index contributed by atoms with van der Waals surface area (Å²) in [4.78, 5) is 0. The van der Waals surface area contributed by atoms with Crippen molar-refractivity contribution >= 4 is 9.84 Å². The van der Waals surface area contributed by atoms with Crippen molar-refractivity contribution < 1.29 is 17.9 Å². The Morgan fingerprint density at radius 2 is 1.95 bits per heavy atom. The topological polar surface area (TPSA) is 64.6 Å². The van der Waals surface area contributed by atoms with Crippen molar-refractivity contribution in [2.75, 3.05) is 31.8 Å². The Kier molecular flexibility index (Phi) is 4.88. The van der Waals surface area contributed by atoms with E-state index in [-0.39, 0.29) is 11.8 Å². The second-order valence-corrected chi connectivity index (χ2v) is 7.36. The van der Waals surface area contributed by atoms with E-state index in [0.717, 1.165) is 30.0 Å². The van der Waals surface area contributed by atoms with Crippen LogP contribution in [-0.2, 0) is 16.3 Å². The zero-order valence-electron chi connectivity index (χ0n) is 11.9. The fourth-order valence-electron chi connectivity index (χ4n) is 2.22. The van der Waals surface area contributed by atoms with E-state index in [2.05, 4.69) is 5.32 Å². The molecule has 0 radical (unpaired) electrons. The van der Waals surface area contributed by atoms with Crippen LogP contribution in [0.3, 0.4) is 0 Å². The molecule has 1 aliphatic rings. The van der Waals surface area contributed by atoms with Gasteiger partial charge >= 0.3 is 0 Å². The molecule has 0 aromatic heterocycles. The summed E-state index contributed by atoms with van der Waals surface area (Å²) in [7, 11) is -2.93. The van der Waals surface area contributed by atoms with Crippen molar-refractivity contribution in [1.29, 1.82) is 0 Å². The van der Waals surface area contributed by atoms with Crippen LogP contribution in [0.2, 0.25) is 0 Å². The fraction of sp³-hybridized carbons (Fsp3) is 0.571. The Morgan fingerprint density at radius 1 is 1.25 bits per heavy atom. The molecule has 1 aromatic carbocycles. The number of fused-ring (bicyclic) bond motifs is 1. The van der Waals surface area contributed by atoms with Gasteiger partial charge in [-0.25, -0.2) is 8.42 Å². The van der Waals surface area contributed by atoms with E-state index in [1.54, 1.807) is 0 Å². The minimum atomic E-state index is -2.93. The number of hydrogen-bond acceptors (Lipinski definition) is 5. The van der Waals surface area contributed by atoms with Crippen molar-refractivity contribution in [2.45, 2.75) is 19.4 Å². The molecule has 1 aliphatic heterocycles. The highest BCUT2D eigenvalue weighted by molar-refractivity contribution is 7.90. The van der Waals surface area contributed by atoms with Crippen LogP contribution in [0, 0.1) is 0 Å². The van der Waals surface area contributed by atoms with Crippen LogP contribution >= 0.6 is 0 Å². The molecule has 0 amide bonds. The summed E-state index contributed by atoms with van der Waals surface area (Å²) in [5.74, 6) is 1.74. The van der Waals surface area contributed by atoms with Crippen molar-refractivity contribution in [3.8, 4) is 11.5 Å². The first kappa shape index (κ1) is 15.1. The third kappa shape index (κ3) is 4.68. The third-order valence-corrected chi connectivity index (χ3v) is 4.17. The highest BCUT2D eigenvalue weighted by Crippen LogP contribution is 2.30. The van der Waals surface area contributed by atoms with E-state index >= 15 is 0 Å². The van der Waals surface area contributed by atoms with Gasteiger partial charge < -0.3 is 14.8 Å². The van der Waals surface area contributed by atoms with Crippen molar-refractivity contribution in [3.63, 3.8) is 0 Å². The number of rotatable bonds is 6. The molecule has 6 heteroatoms. The molecule has 1 aromatic rings. The molecule has 0 saturated heterocycles. The van der Waals surface area contributed by atoms with Crippen LogP contribution in [0.1, 0.15) is 12.5 Å². The van der Waals surface area contributed by atoms with E-state index < -0.39 is 9.84 Å². The molecule has 0 bridgehead atoms. The highest BCUT2D eigenvalue weighted by atomic mass is 32.2. The maximum absolute atomic E-state index is 11.2. The Bertz CT molecular complexity index is 556. The predicted molar refractivity (Wildman–Crippen MR) is 78.3 cm³/mol. The Morgan fingerprint density at radius 3 is 2.65 bits per heavy atom. The van der Waals surface area contributed by atoms with Crippen molar-refractivity contribution in [2.24, 2.45) is 0 Å². The number of benzene rings is 1. The first-order valence-corrected chi connectivity index (χ1v) is 8.80. The first-order valence-electron chi connectivity index (χ1n) is 6.74. The van der Waals surface area contributed by atoms with Gasteiger partial charge in [-0.1, -0.05) is 6.07 Å². The lowest BCUT2D eigenvalue weighted by atomic mass is 10.1. The normalized spacial score (nSPS) is 15.9. The molecule has 0 spiro atoms. The van der Waals surface area contributed by atoms with Gasteiger partial charge in [0.2, 0.25) is 0 Å². The van der Waals surface area contributed by atoms with Gasteiger partial charge in [0.15, 0.2) is 11.5 Å². The van der Waals surface area contributed by atoms with E-state index in [0.29, 0.717) is 13.2 Å². The van der Waals surface area contributed by atoms with E-state index in [4.69, 9.17) is 9.47 Å². The van der Waals surface area contributed by atoms with Crippen LogP contribution in [0.5, 0.6) is 11.5 Å². The second-order valence-electron chi connectivity index (χ2n) is 5.18. The molecule has 112 valence electrons.